The molecule has 1 aliphatic carbocycles. The molecule has 0 atom stereocenters. The van der Waals surface area contributed by atoms with Crippen LogP contribution in [0.4, 0.5) is 10.7 Å². The first-order valence-electron chi connectivity index (χ1n) is 10.9. The van der Waals surface area contributed by atoms with Gasteiger partial charge in [-0.15, -0.1) is 10.2 Å². The van der Waals surface area contributed by atoms with Crippen molar-refractivity contribution in [3.8, 4) is 0 Å². The second-order valence-corrected chi connectivity index (χ2v) is 9.64. The normalized spacial score (nSPS) is 18.9. The molecule has 0 spiro atoms. The van der Waals surface area contributed by atoms with Crippen molar-refractivity contribution in [2.24, 2.45) is 7.05 Å². The number of benzene rings is 1. The number of hydrogen-bond acceptors (Lipinski definition) is 5. The second-order valence-electron chi connectivity index (χ2n) is 9.64. The third-order valence-electron chi connectivity index (χ3n) is 6.33. The SMILES string of the molecule is CN(C(=O)OC(C)(C)C)C1CCN(c2nnc(C3(c4ccccc4)CC3)n2C)CC1. The van der Waals surface area contributed by atoms with E-state index in [-0.39, 0.29) is 17.6 Å². The lowest BCUT2D eigenvalue weighted by molar-refractivity contribution is 0.0200. The molecule has 4 rings (SSSR count). The molecule has 1 aromatic carbocycles. The van der Waals surface area contributed by atoms with E-state index in [2.05, 4.69) is 57.0 Å². The zero-order chi connectivity index (χ0) is 21.5. The number of aromatic nitrogens is 3. The van der Waals surface area contributed by atoms with Gasteiger partial charge in [-0.3, -0.25) is 4.57 Å². The Hall–Kier alpha value is -2.57. The summed E-state index contributed by atoms with van der Waals surface area (Å²) in [4.78, 5) is 16.4. The fourth-order valence-electron chi connectivity index (χ4n) is 4.47. The second kappa shape index (κ2) is 7.60. The van der Waals surface area contributed by atoms with Gasteiger partial charge in [0.1, 0.15) is 11.4 Å². The predicted molar refractivity (Wildman–Crippen MR) is 117 cm³/mol. The molecule has 2 aromatic rings. The minimum atomic E-state index is -0.474. The van der Waals surface area contributed by atoms with Crippen molar-refractivity contribution >= 4 is 12.0 Å². The van der Waals surface area contributed by atoms with Crippen LogP contribution in [-0.2, 0) is 17.2 Å². The lowest BCUT2D eigenvalue weighted by Gasteiger charge is -2.37. The number of hydrogen-bond donors (Lipinski definition) is 0. The van der Waals surface area contributed by atoms with E-state index in [1.165, 1.54) is 5.56 Å². The first-order chi connectivity index (χ1) is 14.2. The molecule has 1 saturated heterocycles. The maximum absolute atomic E-state index is 12.4. The largest absolute Gasteiger partial charge is 0.444 e. The minimum Gasteiger partial charge on any atom is -0.444 e. The Labute approximate surface area is 179 Å². The van der Waals surface area contributed by atoms with Gasteiger partial charge in [-0.1, -0.05) is 30.3 Å². The van der Waals surface area contributed by atoms with Gasteiger partial charge in [0.05, 0.1) is 5.41 Å². The number of carbonyl (C=O) groups is 1. The average Bonchev–Trinajstić information content (AvgIpc) is 3.43. The smallest absolute Gasteiger partial charge is 0.410 e. The highest BCUT2D eigenvalue weighted by molar-refractivity contribution is 5.68. The lowest BCUT2D eigenvalue weighted by atomic mass is 9.95. The number of nitrogens with zero attached hydrogens (tertiary/aromatic N) is 5. The van der Waals surface area contributed by atoms with Crippen LogP contribution in [0.15, 0.2) is 30.3 Å². The molecule has 2 fully saturated rings. The highest BCUT2D eigenvalue weighted by atomic mass is 16.6. The molecule has 162 valence electrons. The molecule has 2 heterocycles. The predicted octanol–water partition coefficient (Wildman–Crippen LogP) is 3.73. The lowest BCUT2D eigenvalue weighted by Crippen LogP contribution is -2.47. The van der Waals surface area contributed by atoms with Crippen LogP contribution in [0.3, 0.4) is 0 Å². The van der Waals surface area contributed by atoms with Crippen LogP contribution in [0.2, 0.25) is 0 Å². The van der Waals surface area contributed by atoms with Crippen molar-refractivity contribution in [2.45, 2.75) is 63.5 Å². The van der Waals surface area contributed by atoms with E-state index in [1.54, 1.807) is 4.90 Å². The summed E-state index contributed by atoms with van der Waals surface area (Å²) in [5.74, 6) is 1.97. The van der Waals surface area contributed by atoms with Crippen LogP contribution in [0.5, 0.6) is 0 Å². The molecule has 0 unspecified atom stereocenters. The molecule has 0 radical (unpaired) electrons. The van der Waals surface area contributed by atoms with Crippen molar-refractivity contribution < 1.29 is 9.53 Å². The van der Waals surface area contributed by atoms with Gasteiger partial charge in [0.15, 0.2) is 0 Å². The van der Waals surface area contributed by atoms with E-state index < -0.39 is 5.60 Å². The number of piperidine rings is 1. The topological polar surface area (TPSA) is 63.5 Å². The summed E-state index contributed by atoms with van der Waals surface area (Å²) in [5, 5.41) is 9.17. The zero-order valence-corrected chi connectivity index (χ0v) is 18.8. The average molecular weight is 412 g/mol. The molecule has 1 saturated carbocycles. The number of anilines is 1. The summed E-state index contributed by atoms with van der Waals surface area (Å²) < 4.78 is 7.68. The van der Waals surface area contributed by atoms with Crippen molar-refractivity contribution in [1.82, 2.24) is 19.7 Å². The van der Waals surface area contributed by atoms with Crippen molar-refractivity contribution in [3.63, 3.8) is 0 Å². The summed E-state index contributed by atoms with van der Waals surface area (Å²) in [5.41, 5.74) is 0.861. The highest BCUT2D eigenvalue weighted by Gasteiger charge is 2.50. The number of amides is 1. The molecule has 7 nitrogen and oxygen atoms in total. The molecular formula is C23H33N5O2. The number of carbonyl (C=O) groups excluding carboxylic acids is 1. The highest BCUT2D eigenvalue weighted by Crippen LogP contribution is 2.52. The van der Waals surface area contributed by atoms with Gasteiger partial charge in [-0.2, -0.15) is 0 Å². The van der Waals surface area contributed by atoms with E-state index in [0.717, 1.165) is 50.5 Å². The van der Waals surface area contributed by atoms with Gasteiger partial charge in [0.25, 0.3) is 0 Å². The Bertz CT molecular complexity index is 890. The Morgan fingerprint density at radius 3 is 2.33 bits per heavy atom. The first kappa shape index (κ1) is 20.7. The van der Waals surface area contributed by atoms with Crippen molar-refractivity contribution in [1.29, 1.82) is 0 Å². The summed E-state index contributed by atoms with van der Waals surface area (Å²) in [7, 11) is 3.91. The number of rotatable bonds is 4. The standard InChI is InChI=1S/C23H33N5O2/c1-22(2,3)30-21(29)26(4)18-11-15-28(16-12-18)20-25-24-19(27(20)5)23(13-14-23)17-9-7-6-8-10-17/h6-10,18H,11-16H2,1-5H3. The van der Waals surface area contributed by atoms with Gasteiger partial charge in [0, 0.05) is 33.2 Å². The zero-order valence-electron chi connectivity index (χ0n) is 18.8. The molecule has 30 heavy (non-hydrogen) atoms. The van der Waals surface area contributed by atoms with Crippen molar-refractivity contribution in [2.75, 3.05) is 25.0 Å². The van der Waals surface area contributed by atoms with Crippen molar-refractivity contribution in [3.05, 3.63) is 41.7 Å². The quantitative estimate of drug-likeness (QED) is 0.767. The minimum absolute atomic E-state index is 0.0104. The third kappa shape index (κ3) is 3.89. The van der Waals surface area contributed by atoms with E-state index in [1.807, 2.05) is 27.8 Å². The van der Waals surface area contributed by atoms with Gasteiger partial charge >= 0.3 is 6.09 Å². The monoisotopic (exact) mass is 411 g/mol. The van der Waals surface area contributed by atoms with Gasteiger partial charge < -0.3 is 14.5 Å². The molecule has 7 heteroatoms. The fourth-order valence-corrected chi connectivity index (χ4v) is 4.47. The molecule has 1 aromatic heterocycles. The van der Waals surface area contributed by atoms with Gasteiger partial charge in [-0.05, 0) is 52.0 Å². The molecule has 1 aliphatic heterocycles. The summed E-state index contributed by atoms with van der Waals surface area (Å²) >= 11 is 0. The molecule has 0 N–H and O–H groups in total. The van der Waals surface area contributed by atoms with Crippen LogP contribution in [0.25, 0.3) is 0 Å². The van der Waals surface area contributed by atoms with E-state index in [0.29, 0.717) is 0 Å². The molecule has 0 bridgehead atoms. The maximum atomic E-state index is 12.4. The van der Waals surface area contributed by atoms with Gasteiger partial charge in [0.2, 0.25) is 5.95 Å². The third-order valence-corrected chi connectivity index (χ3v) is 6.33. The first-order valence-corrected chi connectivity index (χ1v) is 10.9. The van der Waals surface area contributed by atoms with Crippen LogP contribution in [0, 0.1) is 0 Å². The summed E-state index contributed by atoms with van der Waals surface area (Å²) in [6.07, 6.45) is 3.77. The van der Waals surface area contributed by atoms with Crippen LogP contribution >= 0.6 is 0 Å². The van der Waals surface area contributed by atoms with E-state index >= 15 is 0 Å². The molecular weight excluding hydrogens is 378 g/mol. The van der Waals surface area contributed by atoms with Crippen LogP contribution < -0.4 is 4.90 Å². The summed E-state index contributed by atoms with van der Waals surface area (Å²) in [6.45, 7) is 7.39. The maximum Gasteiger partial charge on any atom is 0.410 e. The Morgan fingerprint density at radius 1 is 1.13 bits per heavy atom. The Kier molecular flexibility index (Phi) is 5.24. The molecule has 2 aliphatic rings. The van der Waals surface area contributed by atoms with Gasteiger partial charge in [-0.25, -0.2) is 4.79 Å². The Balaban J connectivity index is 1.42. The van der Waals surface area contributed by atoms with Crippen LogP contribution in [-0.4, -0.2) is 57.5 Å². The fraction of sp³-hybridized carbons (Fsp3) is 0.609. The van der Waals surface area contributed by atoms with E-state index in [4.69, 9.17) is 4.74 Å². The number of ether oxygens (including phenoxy) is 1. The molecule has 1 amide bonds. The summed E-state index contributed by atoms with van der Waals surface area (Å²) in [6, 6.07) is 10.8. The Morgan fingerprint density at radius 2 is 1.77 bits per heavy atom. The van der Waals surface area contributed by atoms with E-state index in [9.17, 15) is 4.79 Å². The van der Waals surface area contributed by atoms with Crippen LogP contribution in [0.1, 0.15) is 57.8 Å².